The van der Waals surface area contributed by atoms with Gasteiger partial charge in [-0.3, -0.25) is 4.79 Å². The lowest BCUT2D eigenvalue weighted by Crippen LogP contribution is -2.23. The third-order valence-corrected chi connectivity index (χ3v) is 3.71. The molecule has 1 amide bonds. The molecule has 0 aliphatic rings. The number of hydrogen-bond acceptors (Lipinski definition) is 2. The average Bonchev–Trinajstić information content (AvgIpc) is 2.87. The lowest BCUT2D eigenvalue weighted by Gasteiger charge is -2.08. The molecule has 7 heteroatoms. The summed E-state index contributed by atoms with van der Waals surface area (Å²) < 4.78 is 27.2. The fourth-order valence-electron chi connectivity index (χ4n) is 2.38. The van der Waals surface area contributed by atoms with Crippen LogP contribution in [0.1, 0.15) is 21.5 Å². The van der Waals surface area contributed by atoms with Crippen molar-refractivity contribution in [1.82, 2.24) is 15.3 Å². The molecule has 0 unspecified atom stereocenters. The van der Waals surface area contributed by atoms with Gasteiger partial charge in [-0.15, -0.1) is 0 Å². The monoisotopic (exact) mass is 333 g/mol. The number of fused-ring (bicyclic) bond motifs is 1. The first-order valence-corrected chi connectivity index (χ1v) is 7.29. The maximum atomic E-state index is 13.6. The fourth-order valence-corrected chi connectivity index (χ4v) is 2.59. The van der Waals surface area contributed by atoms with Gasteiger partial charge in [0.1, 0.15) is 11.6 Å². The molecule has 0 saturated carbocycles. The van der Waals surface area contributed by atoms with Crippen molar-refractivity contribution in [3.8, 4) is 0 Å². The SMILES string of the molecule is Cc1cc(CNC(=O)c2cc(F)cc3[nH]c(=S)[nH]c23)ccc1F. The van der Waals surface area contributed by atoms with Crippen molar-refractivity contribution in [2.24, 2.45) is 0 Å². The maximum absolute atomic E-state index is 13.6. The molecule has 2 aromatic carbocycles. The number of aryl methyl sites for hydroxylation is 1. The molecule has 0 atom stereocenters. The molecular formula is C16H13F2N3OS. The van der Waals surface area contributed by atoms with Gasteiger partial charge in [0, 0.05) is 6.54 Å². The molecule has 0 aliphatic heterocycles. The van der Waals surface area contributed by atoms with E-state index in [1.165, 1.54) is 12.1 Å². The van der Waals surface area contributed by atoms with Gasteiger partial charge in [0.15, 0.2) is 4.77 Å². The number of aromatic amines is 2. The first kappa shape index (κ1) is 15.4. The molecule has 0 fully saturated rings. The number of amides is 1. The number of halogens is 2. The van der Waals surface area contributed by atoms with E-state index in [1.54, 1.807) is 19.1 Å². The Morgan fingerprint density at radius 1 is 1.22 bits per heavy atom. The molecule has 3 rings (SSSR count). The second kappa shape index (κ2) is 5.92. The molecule has 23 heavy (non-hydrogen) atoms. The zero-order chi connectivity index (χ0) is 16.6. The molecule has 0 bridgehead atoms. The molecule has 1 aromatic heterocycles. The van der Waals surface area contributed by atoms with Crippen LogP contribution in [0.4, 0.5) is 8.78 Å². The lowest BCUT2D eigenvalue weighted by molar-refractivity contribution is 0.0952. The van der Waals surface area contributed by atoms with Gasteiger partial charge in [-0.25, -0.2) is 8.78 Å². The summed E-state index contributed by atoms with van der Waals surface area (Å²) >= 11 is 4.97. The molecule has 3 N–H and O–H groups in total. The highest BCUT2D eigenvalue weighted by atomic mass is 32.1. The van der Waals surface area contributed by atoms with Gasteiger partial charge in [-0.2, -0.15) is 0 Å². The minimum Gasteiger partial charge on any atom is -0.348 e. The Balaban J connectivity index is 1.86. The Morgan fingerprint density at radius 3 is 2.74 bits per heavy atom. The molecule has 0 aliphatic carbocycles. The summed E-state index contributed by atoms with van der Waals surface area (Å²) in [4.78, 5) is 17.9. The van der Waals surface area contributed by atoms with E-state index in [0.717, 1.165) is 11.6 Å². The fraction of sp³-hybridized carbons (Fsp3) is 0.125. The molecule has 0 radical (unpaired) electrons. The number of carbonyl (C=O) groups excluding carboxylic acids is 1. The Hall–Kier alpha value is -2.54. The minimum atomic E-state index is -0.537. The van der Waals surface area contributed by atoms with E-state index in [4.69, 9.17) is 12.2 Å². The van der Waals surface area contributed by atoms with Crippen molar-refractivity contribution in [1.29, 1.82) is 0 Å². The number of nitrogens with one attached hydrogen (secondary N) is 3. The number of hydrogen-bond donors (Lipinski definition) is 3. The molecule has 0 spiro atoms. The highest BCUT2D eigenvalue weighted by Gasteiger charge is 2.14. The predicted octanol–water partition coefficient (Wildman–Crippen LogP) is 3.74. The van der Waals surface area contributed by atoms with Gasteiger partial charge in [0.05, 0.1) is 16.6 Å². The Morgan fingerprint density at radius 2 is 2.00 bits per heavy atom. The molecule has 0 saturated heterocycles. The Bertz CT molecular complexity index is 962. The average molecular weight is 333 g/mol. The summed E-state index contributed by atoms with van der Waals surface area (Å²) in [5.74, 6) is -1.28. The van der Waals surface area contributed by atoms with Gasteiger partial charge in [-0.05, 0) is 48.5 Å². The number of benzene rings is 2. The van der Waals surface area contributed by atoms with Gasteiger partial charge < -0.3 is 15.3 Å². The van der Waals surface area contributed by atoms with E-state index < -0.39 is 11.7 Å². The predicted molar refractivity (Wildman–Crippen MR) is 85.7 cm³/mol. The smallest absolute Gasteiger partial charge is 0.253 e. The van der Waals surface area contributed by atoms with Crippen LogP contribution >= 0.6 is 12.2 Å². The van der Waals surface area contributed by atoms with Crippen LogP contribution in [-0.4, -0.2) is 15.9 Å². The zero-order valence-corrected chi connectivity index (χ0v) is 13.0. The van der Waals surface area contributed by atoms with Crippen LogP contribution in [0.3, 0.4) is 0 Å². The number of imidazole rings is 1. The third kappa shape index (κ3) is 3.14. The molecule has 1 heterocycles. The maximum Gasteiger partial charge on any atom is 0.253 e. The number of carbonyl (C=O) groups is 1. The van der Waals surface area contributed by atoms with Crippen molar-refractivity contribution in [2.45, 2.75) is 13.5 Å². The second-order valence-electron chi connectivity index (χ2n) is 5.22. The van der Waals surface area contributed by atoms with Gasteiger partial charge in [0.2, 0.25) is 0 Å². The largest absolute Gasteiger partial charge is 0.348 e. The number of H-pyrrole nitrogens is 2. The molecular weight excluding hydrogens is 320 g/mol. The highest BCUT2D eigenvalue weighted by molar-refractivity contribution is 7.71. The Kier molecular flexibility index (Phi) is 3.96. The first-order chi connectivity index (χ1) is 10.9. The quantitative estimate of drug-likeness (QED) is 0.640. The second-order valence-corrected chi connectivity index (χ2v) is 5.63. The van der Waals surface area contributed by atoms with E-state index in [2.05, 4.69) is 15.3 Å². The molecule has 4 nitrogen and oxygen atoms in total. The molecule has 3 aromatic rings. The van der Waals surface area contributed by atoms with Crippen molar-refractivity contribution in [3.05, 3.63) is 63.4 Å². The Labute approximate surface area is 135 Å². The number of rotatable bonds is 3. The van der Waals surface area contributed by atoms with Crippen LogP contribution in [0.25, 0.3) is 11.0 Å². The van der Waals surface area contributed by atoms with E-state index >= 15 is 0 Å². The van der Waals surface area contributed by atoms with Crippen LogP contribution in [0.2, 0.25) is 0 Å². The van der Waals surface area contributed by atoms with Crippen molar-refractivity contribution in [2.75, 3.05) is 0 Å². The van der Waals surface area contributed by atoms with Gasteiger partial charge >= 0.3 is 0 Å². The summed E-state index contributed by atoms with van der Waals surface area (Å²) in [6.07, 6.45) is 0. The van der Waals surface area contributed by atoms with Crippen molar-refractivity contribution in [3.63, 3.8) is 0 Å². The van der Waals surface area contributed by atoms with Crippen LogP contribution in [0.5, 0.6) is 0 Å². The highest BCUT2D eigenvalue weighted by Crippen LogP contribution is 2.18. The summed E-state index contributed by atoms with van der Waals surface area (Å²) in [5.41, 5.74) is 2.29. The van der Waals surface area contributed by atoms with Crippen LogP contribution < -0.4 is 5.32 Å². The van der Waals surface area contributed by atoms with Crippen LogP contribution in [0, 0.1) is 23.3 Å². The molecule has 118 valence electrons. The first-order valence-electron chi connectivity index (χ1n) is 6.89. The topological polar surface area (TPSA) is 60.7 Å². The van der Waals surface area contributed by atoms with Crippen LogP contribution in [0.15, 0.2) is 30.3 Å². The lowest BCUT2D eigenvalue weighted by atomic mass is 10.1. The zero-order valence-electron chi connectivity index (χ0n) is 12.2. The van der Waals surface area contributed by atoms with Crippen LogP contribution in [-0.2, 0) is 6.54 Å². The standard InChI is InChI=1S/C16H13F2N3OS/c1-8-4-9(2-3-12(8)18)7-19-15(22)11-5-10(17)6-13-14(11)21-16(23)20-13/h2-6H,7H2,1H3,(H,19,22)(H2,20,21,23). The van der Waals surface area contributed by atoms with Crippen molar-refractivity contribution >= 4 is 29.2 Å². The van der Waals surface area contributed by atoms with E-state index in [1.807, 2.05) is 0 Å². The van der Waals surface area contributed by atoms with E-state index in [9.17, 15) is 13.6 Å². The summed E-state index contributed by atoms with van der Waals surface area (Å²) in [6.45, 7) is 1.86. The van der Waals surface area contributed by atoms with Gasteiger partial charge in [0.25, 0.3) is 5.91 Å². The summed E-state index contributed by atoms with van der Waals surface area (Å²) in [7, 11) is 0. The number of aromatic nitrogens is 2. The van der Waals surface area contributed by atoms with Gasteiger partial charge in [-0.1, -0.05) is 12.1 Å². The van der Waals surface area contributed by atoms with Crippen molar-refractivity contribution < 1.29 is 13.6 Å². The minimum absolute atomic E-state index is 0.159. The summed E-state index contributed by atoms with van der Waals surface area (Å²) in [5, 5.41) is 2.69. The summed E-state index contributed by atoms with van der Waals surface area (Å²) in [6, 6.07) is 7.00. The normalized spacial score (nSPS) is 10.9. The third-order valence-electron chi connectivity index (χ3n) is 3.51. The van der Waals surface area contributed by atoms with E-state index in [-0.39, 0.29) is 17.9 Å². The van der Waals surface area contributed by atoms with E-state index in [0.29, 0.717) is 21.4 Å².